The summed E-state index contributed by atoms with van der Waals surface area (Å²) in [6.07, 6.45) is 0. The molecule has 0 aliphatic carbocycles. The van der Waals surface area contributed by atoms with Crippen molar-refractivity contribution >= 4 is 21.9 Å². The first-order chi connectivity index (χ1) is 7.27. The van der Waals surface area contributed by atoms with E-state index < -0.39 is 5.82 Å². The van der Waals surface area contributed by atoms with Crippen molar-refractivity contribution in [1.82, 2.24) is 0 Å². The molecule has 0 unspecified atom stereocenters. The van der Waals surface area contributed by atoms with Gasteiger partial charge >= 0.3 is 0 Å². The van der Waals surface area contributed by atoms with E-state index >= 15 is 0 Å². The molecule has 2 aromatic carbocycles. The number of phenolic OH excluding ortho intramolecular Hbond substituents is 1. The molecule has 0 saturated carbocycles. The molecule has 0 spiro atoms. The maximum Gasteiger partial charge on any atom is 0.171 e. The normalized spacial score (nSPS) is 11.3. The highest BCUT2D eigenvalue weighted by atomic mass is 19.1. The van der Waals surface area contributed by atoms with Crippen molar-refractivity contribution in [3.8, 4) is 5.75 Å². The Morgan fingerprint density at radius 3 is 2.73 bits per heavy atom. The number of benzene rings is 2. The van der Waals surface area contributed by atoms with E-state index in [1.165, 1.54) is 6.07 Å². The van der Waals surface area contributed by atoms with Gasteiger partial charge in [0, 0.05) is 5.39 Å². The number of furan rings is 1. The second-order valence-corrected chi connectivity index (χ2v) is 3.37. The zero-order valence-corrected chi connectivity index (χ0v) is 7.70. The van der Waals surface area contributed by atoms with Crippen molar-refractivity contribution in [3.05, 3.63) is 42.2 Å². The first-order valence-electron chi connectivity index (χ1n) is 4.56. The highest BCUT2D eigenvalue weighted by Gasteiger charge is 2.12. The quantitative estimate of drug-likeness (QED) is 0.605. The minimum atomic E-state index is -0.414. The summed E-state index contributed by atoms with van der Waals surface area (Å²) in [6.45, 7) is 0. The van der Waals surface area contributed by atoms with Gasteiger partial charge in [0.2, 0.25) is 0 Å². The summed E-state index contributed by atoms with van der Waals surface area (Å²) in [5.41, 5.74) is 0.684. The lowest BCUT2D eigenvalue weighted by Crippen LogP contribution is -1.72. The SMILES string of the molecule is Oc1cccc2oc3c(F)cccc3c12. The Bertz CT molecular complexity index is 655. The van der Waals surface area contributed by atoms with Crippen LogP contribution >= 0.6 is 0 Å². The number of aromatic hydroxyl groups is 1. The van der Waals surface area contributed by atoms with Crippen molar-refractivity contribution in [2.24, 2.45) is 0 Å². The molecule has 0 aliphatic rings. The molecule has 0 saturated heterocycles. The number of hydrogen-bond acceptors (Lipinski definition) is 2. The fourth-order valence-electron chi connectivity index (χ4n) is 1.79. The van der Waals surface area contributed by atoms with Gasteiger partial charge in [-0.1, -0.05) is 18.2 Å². The van der Waals surface area contributed by atoms with Crippen LogP contribution in [0.2, 0.25) is 0 Å². The Kier molecular flexibility index (Phi) is 1.51. The lowest BCUT2D eigenvalue weighted by Gasteiger charge is -1.92. The first-order valence-corrected chi connectivity index (χ1v) is 4.56. The van der Waals surface area contributed by atoms with Crippen molar-refractivity contribution in [3.63, 3.8) is 0 Å². The summed E-state index contributed by atoms with van der Waals surface area (Å²) in [7, 11) is 0. The third kappa shape index (κ3) is 1.03. The zero-order chi connectivity index (χ0) is 10.4. The minimum Gasteiger partial charge on any atom is -0.507 e. The molecule has 3 heteroatoms. The number of phenols is 1. The Labute approximate surface area is 84.5 Å². The molecule has 0 radical (unpaired) electrons. The van der Waals surface area contributed by atoms with Crippen LogP contribution < -0.4 is 0 Å². The lowest BCUT2D eigenvalue weighted by molar-refractivity contribution is 0.481. The van der Waals surface area contributed by atoms with E-state index in [1.54, 1.807) is 30.3 Å². The van der Waals surface area contributed by atoms with Crippen LogP contribution in [-0.2, 0) is 0 Å². The molecule has 0 amide bonds. The second-order valence-electron chi connectivity index (χ2n) is 3.37. The summed E-state index contributed by atoms with van der Waals surface area (Å²) < 4.78 is 18.7. The van der Waals surface area contributed by atoms with Crippen LogP contribution in [-0.4, -0.2) is 5.11 Å². The van der Waals surface area contributed by atoms with Gasteiger partial charge in [0.15, 0.2) is 11.4 Å². The van der Waals surface area contributed by atoms with Crippen LogP contribution in [0.5, 0.6) is 5.75 Å². The van der Waals surface area contributed by atoms with Crippen molar-refractivity contribution < 1.29 is 13.9 Å². The number of halogens is 1. The molecule has 3 aromatic rings. The maximum absolute atomic E-state index is 13.4. The molecule has 1 N–H and O–H groups in total. The van der Waals surface area contributed by atoms with E-state index in [0.717, 1.165) is 0 Å². The molecule has 0 atom stereocenters. The van der Waals surface area contributed by atoms with Crippen LogP contribution in [0.1, 0.15) is 0 Å². The van der Waals surface area contributed by atoms with Gasteiger partial charge in [-0.25, -0.2) is 4.39 Å². The molecule has 0 fully saturated rings. The zero-order valence-electron chi connectivity index (χ0n) is 7.70. The van der Waals surface area contributed by atoms with Crippen LogP contribution in [0, 0.1) is 5.82 Å². The van der Waals surface area contributed by atoms with E-state index in [4.69, 9.17) is 4.42 Å². The predicted octanol–water partition coefficient (Wildman–Crippen LogP) is 3.43. The standard InChI is InChI=1S/C12H7FO2/c13-8-4-1-3-7-11-9(14)5-2-6-10(11)15-12(7)8/h1-6,14H. The van der Waals surface area contributed by atoms with Gasteiger partial charge in [-0.2, -0.15) is 0 Å². The number of fused-ring (bicyclic) bond motifs is 3. The van der Waals surface area contributed by atoms with E-state index in [2.05, 4.69) is 0 Å². The summed E-state index contributed by atoms with van der Waals surface area (Å²) in [5.74, 6) is -0.306. The second kappa shape index (κ2) is 2.73. The van der Waals surface area contributed by atoms with E-state index in [-0.39, 0.29) is 11.3 Å². The minimum absolute atomic E-state index is 0.108. The Morgan fingerprint density at radius 2 is 1.87 bits per heavy atom. The number of hydrogen-bond donors (Lipinski definition) is 1. The smallest absolute Gasteiger partial charge is 0.171 e. The van der Waals surface area contributed by atoms with Crippen molar-refractivity contribution in [2.45, 2.75) is 0 Å². The molecule has 2 nitrogen and oxygen atoms in total. The Balaban J connectivity index is 2.65. The predicted molar refractivity (Wildman–Crippen MR) is 55.3 cm³/mol. The molecule has 74 valence electrons. The largest absolute Gasteiger partial charge is 0.507 e. The van der Waals surface area contributed by atoms with Gasteiger partial charge in [-0.05, 0) is 18.2 Å². The molecular formula is C12H7FO2. The van der Waals surface area contributed by atoms with Crippen molar-refractivity contribution in [1.29, 1.82) is 0 Å². The van der Waals surface area contributed by atoms with E-state index in [0.29, 0.717) is 16.4 Å². The highest BCUT2D eigenvalue weighted by molar-refractivity contribution is 6.08. The highest BCUT2D eigenvalue weighted by Crippen LogP contribution is 2.35. The van der Waals surface area contributed by atoms with E-state index in [1.807, 2.05) is 0 Å². The number of para-hydroxylation sites is 1. The van der Waals surface area contributed by atoms with Gasteiger partial charge in [0.1, 0.15) is 11.3 Å². The third-order valence-electron chi connectivity index (χ3n) is 2.45. The molecule has 3 rings (SSSR count). The first kappa shape index (κ1) is 8.29. The van der Waals surface area contributed by atoms with E-state index in [9.17, 15) is 9.50 Å². The maximum atomic E-state index is 13.4. The monoisotopic (exact) mass is 202 g/mol. The van der Waals surface area contributed by atoms with Crippen LogP contribution in [0.25, 0.3) is 21.9 Å². The van der Waals surface area contributed by atoms with Crippen LogP contribution in [0.4, 0.5) is 4.39 Å². The average molecular weight is 202 g/mol. The van der Waals surface area contributed by atoms with Gasteiger partial charge in [-0.15, -0.1) is 0 Å². The molecule has 15 heavy (non-hydrogen) atoms. The summed E-state index contributed by atoms with van der Waals surface area (Å²) in [5, 5.41) is 10.8. The van der Waals surface area contributed by atoms with Gasteiger partial charge in [0.25, 0.3) is 0 Å². The molecule has 1 heterocycles. The summed E-state index contributed by atoms with van der Waals surface area (Å²) in [6, 6.07) is 9.58. The summed E-state index contributed by atoms with van der Waals surface area (Å²) >= 11 is 0. The Hall–Kier alpha value is -2.03. The fourth-order valence-corrected chi connectivity index (χ4v) is 1.79. The Morgan fingerprint density at radius 1 is 1.07 bits per heavy atom. The van der Waals surface area contributed by atoms with Gasteiger partial charge in [-0.3, -0.25) is 0 Å². The molecule has 0 bridgehead atoms. The van der Waals surface area contributed by atoms with Crippen LogP contribution in [0.3, 0.4) is 0 Å². The van der Waals surface area contributed by atoms with Gasteiger partial charge in [0.05, 0.1) is 5.39 Å². The summed E-state index contributed by atoms with van der Waals surface area (Å²) in [4.78, 5) is 0. The average Bonchev–Trinajstić information content (AvgIpc) is 2.59. The molecule has 1 aromatic heterocycles. The lowest BCUT2D eigenvalue weighted by atomic mass is 10.1. The van der Waals surface area contributed by atoms with Crippen LogP contribution in [0.15, 0.2) is 40.8 Å². The van der Waals surface area contributed by atoms with Crippen molar-refractivity contribution in [2.75, 3.05) is 0 Å². The van der Waals surface area contributed by atoms with Gasteiger partial charge < -0.3 is 9.52 Å². The molecule has 0 aliphatic heterocycles. The topological polar surface area (TPSA) is 33.4 Å². The molecular weight excluding hydrogens is 195 g/mol. The number of rotatable bonds is 0. The fraction of sp³-hybridized carbons (Fsp3) is 0. The third-order valence-corrected chi connectivity index (χ3v) is 2.45.